The zero-order chi connectivity index (χ0) is 57.0. The summed E-state index contributed by atoms with van der Waals surface area (Å²) < 4.78 is 23.8. The summed E-state index contributed by atoms with van der Waals surface area (Å²) in [5.74, 6) is -0.150. The van der Waals surface area contributed by atoms with Crippen LogP contribution in [0.15, 0.2) is 109 Å². The van der Waals surface area contributed by atoms with Gasteiger partial charge in [-0.1, -0.05) is 290 Å². The number of unbranched alkanes of at least 4 members (excludes halogenated alkanes) is 27. The van der Waals surface area contributed by atoms with Crippen LogP contribution in [0, 0.1) is 0 Å². The molecule has 0 aromatic rings. The third-order valence-corrected chi connectivity index (χ3v) is 15.0. The first-order valence-corrected chi connectivity index (χ1v) is 33.7. The Morgan fingerprint density at radius 3 is 1.13 bits per heavy atom. The van der Waals surface area contributed by atoms with E-state index in [2.05, 4.69) is 129 Å². The van der Waals surface area contributed by atoms with E-state index in [1.54, 1.807) is 0 Å². The van der Waals surface area contributed by atoms with E-state index >= 15 is 0 Å². The molecule has 1 amide bonds. The van der Waals surface area contributed by atoms with E-state index in [0.717, 1.165) is 96.3 Å². The van der Waals surface area contributed by atoms with Gasteiger partial charge in [-0.2, -0.15) is 0 Å². The van der Waals surface area contributed by atoms with Gasteiger partial charge in [-0.15, -0.1) is 0 Å². The van der Waals surface area contributed by atoms with Gasteiger partial charge in [-0.3, -0.25) is 13.8 Å². The Bertz CT molecular complexity index is 1640. The monoisotopic (exact) mass is 1110 g/mol. The van der Waals surface area contributed by atoms with Gasteiger partial charge >= 0.3 is 7.82 Å². The molecule has 450 valence electrons. The predicted octanol–water partition coefficient (Wildman–Crippen LogP) is 20.3. The number of hydrogen-bond acceptors (Lipinski definition) is 5. The molecule has 3 unspecified atom stereocenters. The Morgan fingerprint density at radius 1 is 0.449 bits per heavy atom. The van der Waals surface area contributed by atoms with Gasteiger partial charge in [-0.05, 0) is 83.5 Å². The Kier molecular flexibility index (Phi) is 56.7. The second-order valence-corrected chi connectivity index (χ2v) is 24.2. The number of phosphoric acid groups is 1. The van der Waals surface area contributed by atoms with Crippen LogP contribution in [0.5, 0.6) is 0 Å². The number of aliphatic hydroxyl groups excluding tert-OH is 1. The largest absolute Gasteiger partial charge is 0.472 e. The number of amides is 1. The fourth-order valence-corrected chi connectivity index (χ4v) is 9.78. The maximum absolute atomic E-state index is 13.0. The quantitative estimate of drug-likeness (QED) is 0.0243. The molecule has 0 radical (unpaired) electrons. The van der Waals surface area contributed by atoms with Gasteiger partial charge in [0.2, 0.25) is 5.91 Å². The summed E-state index contributed by atoms with van der Waals surface area (Å²) in [4.78, 5) is 23.4. The third kappa shape index (κ3) is 60.8. The molecule has 78 heavy (non-hydrogen) atoms. The van der Waals surface area contributed by atoms with E-state index < -0.39 is 20.0 Å². The molecule has 0 bridgehead atoms. The lowest BCUT2D eigenvalue weighted by atomic mass is 10.0. The van der Waals surface area contributed by atoms with Crippen molar-refractivity contribution < 1.29 is 32.9 Å². The van der Waals surface area contributed by atoms with E-state index in [-0.39, 0.29) is 19.1 Å². The number of phosphoric ester groups is 1. The highest BCUT2D eigenvalue weighted by Gasteiger charge is 2.28. The molecule has 3 N–H and O–H groups in total. The number of carbonyl (C=O) groups is 1. The molecule has 8 nitrogen and oxygen atoms in total. The average Bonchev–Trinajstić information content (AvgIpc) is 3.40. The van der Waals surface area contributed by atoms with Crippen molar-refractivity contribution in [3.05, 3.63) is 109 Å². The summed E-state index contributed by atoms with van der Waals surface area (Å²) in [6, 6.07) is -0.769. The summed E-state index contributed by atoms with van der Waals surface area (Å²) in [5.41, 5.74) is 0. The molecule has 0 aromatic carbocycles. The normalized spacial score (nSPS) is 14.5. The molecule has 0 rings (SSSR count). The second-order valence-electron chi connectivity index (χ2n) is 22.8. The average molecular weight is 1110 g/mol. The first-order chi connectivity index (χ1) is 38.0. The highest BCUT2D eigenvalue weighted by Crippen LogP contribution is 2.43. The van der Waals surface area contributed by atoms with Crippen molar-refractivity contribution in [1.82, 2.24) is 5.32 Å². The van der Waals surface area contributed by atoms with Crippen LogP contribution in [0.4, 0.5) is 0 Å². The Morgan fingerprint density at radius 2 is 0.769 bits per heavy atom. The fraction of sp³-hybridized carbons (Fsp3) is 0.725. The fourth-order valence-electron chi connectivity index (χ4n) is 9.04. The minimum absolute atomic E-state index is 0.0704. The van der Waals surface area contributed by atoms with Crippen LogP contribution >= 0.6 is 7.82 Å². The number of carbonyl (C=O) groups excluding carboxylic acids is 1. The van der Waals surface area contributed by atoms with E-state index in [4.69, 9.17) is 9.05 Å². The molecule has 0 aliphatic rings. The minimum atomic E-state index is -4.33. The van der Waals surface area contributed by atoms with Crippen LogP contribution in [0.1, 0.15) is 271 Å². The highest BCUT2D eigenvalue weighted by atomic mass is 31.2. The lowest BCUT2D eigenvalue weighted by Gasteiger charge is -2.26. The lowest BCUT2D eigenvalue weighted by Crippen LogP contribution is -2.46. The number of rotatable bonds is 58. The van der Waals surface area contributed by atoms with E-state index in [1.807, 2.05) is 21.1 Å². The van der Waals surface area contributed by atoms with Crippen LogP contribution in [-0.4, -0.2) is 73.4 Å². The Labute approximate surface area is 482 Å². The van der Waals surface area contributed by atoms with Gasteiger partial charge < -0.3 is 19.8 Å². The molecular weight excluding hydrogens is 984 g/mol. The summed E-state index contributed by atoms with van der Waals surface area (Å²) in [5, 5.41) is 14.1. The maximum Gasteiger partial charge on any atom is 0.472 e. The molecule has 0 aliphatic carbocycles. The first-order valence-electron chi connectivity index (χ1n) is 32.3. The van der Waals surface area contributed by atoms with E-state index in [9.17, 15) is 19.4 Å². The molecule has 0 spiro atoms. The Balaban J connectivity index is 4.07. The van der Waals surface area contributed by atoms with Crippen LogP contribution in [0.25, 0.3) is 0 Å². The number of nitrogens with one attached hydrogen (secondary N) is 1. The molecular formula is C69H124N2O6P+. The number of allylic oxidation sites excluding steroid dienone is 18. The lowest BCUT2D eigenvalue weighted by molar-refractivity contribution is -0.870. The van der Waals surface area contributed by atoms with Crippen molar-refractivity contribution in [2.45, 2.75) is 283 Å². The van der Waals surface area contributed by atoms with Gasteiger partial charge in [0, 0.05) is 6.42 Å². The number of likely N-dealkylation sites (N-methyl/N-ethyl adjacent to an activating group) is 1. The molecule has 0 saturated heterocycles. The van der Waals surface area contributed by atoms with Crippen LogP contribution in [0.2, 0.25) is 0 Å². The number of nitrogens with zero attached hydrogens (tertiary/aromatic N) is 1. The van der Waals surface area contributed by atoms with Crippen molar-refractivity contribution in [3.63, 3.8) is 0 Å². The molecule has 0 aliphatic heterocycles. The van der Waals surface area contributed by atoms with Crippen molar-refractivity contribution in [3.8, 4) is 0 Å². The van der Waals surface area contributed by atoms with Crippen molar-refractivity contribution >= 4 is 13.7 Å². The van der Waals surface area contributed by atoms with Gasteiger partial charge in [0.05, 0.1) is 39.9 Å². The summed E-state index contributed by atoms with van der Waals surface area (Å²) in [7, 11) is 1.61. The number of hydrogen-bond donors (Lipinski definition) is 3. The minimum Gasteiger partial charge on any atom is -0.391 e. The maximum atomic E-state index is 13.0. The van der Waals surface area contributed by atoms with Gasteiger partial charge in [0.15, 0.2) is 0 Å². The highest BCUT2D eigenvalue weighted by molar-refractivity contribution is 7.47. The second kappa shape index (κ2) is 58.8. The topological polar surface area (TPSA) is 105 Å². The third-order valence-electron chi connectivity index (χ3n) is 14.0. The van der Waals surface area contributed by atoms with Crippen molar-refractivity contribution in [2.24, 2.45) is 0 Å². The summed E-state index contributed by atoms with van der Waals surface area (Å²) in [6.07, 6.45) is 85.9. The Hall–Kier alpha value is -2.84. The zero-order valence-electron chi connectivity index (χ0n) is 51.4. The van der Waals surface area contributed by atoms with E-state index in [1.165, 1.54) is 148 Å². The van der Waals surface area contributed by atoms with E-state index in [0.29, 0.717) is 23.9 Å². The van der Waals surface area contributed by atoms with Gasteiger partial charge in [0.25, 0.3) is 0 Å². The van der Waals surface area contributed by atoms with Crippen LogP contribution in [0.3, 0.4) is 0 Å². The standard InChI is InChI=1S/C69H123N2O6P/c1-6-8-10-12-14-16-18-20-22-24-25-26-27-28-29-30-31-32-33-34-35-36-37-38-39-40-41-42-43-44-45-47-49-51-53-55-57-59-61-63-69(73)70-67(66-77-78(74,75)76-65-64-71(3,4)5)68(72)62-60-58-56-54-52-50-48-46-23-21-19-17-15-13-11-9-7-2/h8,10,14,16,20,22,25-26,28-29,31-32,34-35,37-38,40-41,67-68,72H,6-7,9,11-13,15,17-19,21,23-24,27,30,33,36,39,42-66H2,1-5H3,(H-,70,73,74,75)/p+1/b10-8-,16-14-,22-20-,26-25-,29-28-,32-31-,35-34-,38-37-,41-40-. The van der Waals surface area contributed by atoms with Gasteiger partial charge in [-0.25, -0.2) is 4.57 Å². The summed E-state index contributed by atoms with van der Waals surface area (Å²) >= 11 is 0. The van der Waals surface area contributed by atoms with Crippen LogP contribution in [-0.2, 0) is 18.4 Å². The molecule has 9 heteroatoms. The molecule has 0 saturated carbocycles. The number of quaternary nitrogens is 1. The van der Waals surface area contributed by atoms with Gasteiger partial charge in [0.1, 0.15) is 13.2 Å². The SMILES string of the molecule is CC/C=C\C/C=C\C/C=C\C/C=C\C/C=C\C/C=C\C/C=C\C/C=C\C/C=C\CCCCCCCCCCCCCC(=O)NC(COP(=O)(O)OCC[N+](C)(C)C)C(O)CCCCCCCCCCCCCCCCCCC. The molecule has 0 fully saturated rings. The summed E-state index contributed by atoms with van der Waals surface area (Å²) in [6.45, 7) is 4.78. The smallest absolute Gasteiger partial charge is 0.391 e. The molecule has 0 aromatic heterocycles. The van der Waals surface area contributed by atoms with Crippen molar-refractivity contribution in [2.75, 3.05) is 40.9 Å². The predicted molar refractivity (Wildman–Crippen MR) is 341 cm³/mol. The molecule has 0 heterocycles. The first kappa shape index (κ1) is 75.2. The van der Waals surface area contributed by atoms with Crippen LogP contribution < -0.4 is 5.32 Å². The molecule has 3 atom stereocenters. The van der Waals surface area contributed by atoms with Crippen molar-refractivity contribution in [1.29, 1.82) is 0 Å². The number of aliphatic hydroxyl groups is 1. The zero-order valence-corrected chi connectivity index (χ0v) is 52.3.